The number of amides is 1. The Hall–Kier alpha value is -3.31. The van der Waals surface area contributed by atoms with Crippen molar-refractivity contribution in [1.29, 1.82) is 0 Å². The van der Waals surface area contributed by atoms with E-state index in [1.807, 2.05) is 30.3 Å². The number of esters is 1. The number of nitrogens with one attached hydrogen (secondary N) is 1. The van der Waals surface area contributed by atoms with Crippen LogP contribution in [0.3, 0.4) is 0 Å². The first-order chi connectivity index (χ1) is 14.0. The van der Waals surface area contributed by atoms with E-state index in [2.05, 4.69) is 5.32 Å². The highest BCUT2D eigenvalue weighted by Crippen LogP contribution is 2.21. The highest BCUT2D eigenvalue weighted by Gasteiger charge is 2.21. The number of carbonyl (C=O) groups excluding carboxylic acids is 2. The SMILES string of the molecule is C[C@H](OC(=O)c1ccccc1OCc1ccccc1)C(=O)Nc1cccc(Cl)c1. The molecule has 0 aromatic heterocycles. The maximum Gasteiger partial charge on any atom is 0.342 e. The standard InChI is InChI=1S/C23H20ClNO4/c1-16(22(26)25-19-11-7-10-18(24)14-19)29-23(27)20-12-5-6-13-21(20)28-15-17-8-3-2-4-9-17/h2-14,16H,15H2,1H3,(H,25,26)/t16-/m0/s1. The summed E-state index contributed by atoms with van der Waals surface area (Å²) >= 11 is 5.91. The summed E-state index contributed by atoms with van der Waals surface area (Å²) in [5, 5.41) is 3.17. The minimum atomic E-state index is -0.997. The van der Waals surface area contributed by atoms with Crippen molar-refractivity contribution in [2.24, 2.45) is 0 Å². The fourth-order valence-electron chi connectivity index (χ4n) is 2.58. The smallest absolute Gasteiger partial charge is 0.342 e. The summed E-state index contributed by atoms with van der Waals surface area (Å²) in [6.45, 7) is 1.82. The minimum Gasteiger partial charge on any atom is -0.488 e. The number of ether oxygens (including phenoxy) is 2. The molecule has 29 heavy (non-hydrogen) atoms. The van der Waals surface area contributed by atoms with Gasteiger partial charge in [-0.05, 0) is 42.8 Å². The average Bonchev–Trinajstić information content (AvgIpc) is 2.73. The molecule has 0 bridgehead atoms. The van der Waals surface area contributed by atoms with Crippen molar-refractivity contribution in [1.82, 2.24) is 0 Å². The monoisotopic (exact) mass is 409 g/mol. The van der Waals surface area contributed by atoms with Crippen LogP contribution < -0.4 is 10.1 Å². The summed E-state index contributed by atoms with van der Waals surface area (Å²) in [6, 6.07) is 23.1. The summed E-state index contributed by atoms with van der Waals surface area (Å²) < 4.78 is 11.1. The third-order valence-electron chi connectivity index (χ3n) is 4.09. The molecule has 1 N–H and O–H groups in total. The average molecular weight is 410 g/mol. The molecule has 0 saturated carbocycles. The molecule has 6 heteroatoms. The van der Waals surface area contributed by atoms with Crippen molar-refractivity contribution < 1.29 is 19.1 Å². The highest BCUT2D eigenvalue weighted by atomic mass is 35.5. The van der Waals surface area contributed by atoms with E-state index in [1.165, 1.54) is 6.92 Å². The zero-order valence-electron chi connectivity index (χ0n) is 15.8. The Bertz CT molecular complexity index is 991. The van der Waals surface area contributed by atoms with E-state index >= 15 is 0 Å². The lowest BCUT2D eigenvalue weighted by atomic mass is 10.2. The third-order valence-corrected chi connectivity index (χ3v) is 4.32. The summed E-state index contributed by atoms with van der Waals surface area (Å²) in [7, 11) is 0. The van der Waals surface area contributed by atoms with Crippen LogP contribution in [0, 0.1) is 0 Å². The molecule has 0 fully saturated rings. The Kier molecular flexibility index (Phi) is 6.87. The predicted octanol–water partition coefficient (Wildman–Crippen LogP) is 5.10. The van der Waals surface area contributed by atoms with Crippen molar-refractivity contribution in [2.45, 2.75) is 19.6 Å². The molecule has 0 aliphatic carbocycles. The van der Waals surface area contributed by atoms with E-state index in [0.29, 0.717) is 23.1 Å². The van der Waals surface area contributed by atoms with E-state index in [4.69, 9.17) is 21.1 Å². The van der Waals surface area contributed by atoms with Gasteiger partial charge in [-0.25, -0.2) is 4.79 Å². The maximum absolute atomic E-state index is 12.6. The van der Waals surface area contributed by atoms with Crippen LogP contribution in [0.15, 0.2) is 78.9 Å². The van der Waals surface area contributed by atoms with Crippen LogP contribution in [0.1, 0.15) is 22.8 Å². The molecule has 0 spiro atoms. The number of carbonyl (C=O) groups is 2. The van der Waals surface area contributed by atoms with E-state index in [1.54, 1.807) is 48.5 Å². The van der Waals surface area contributed by atoms with Gasteiger partial charge in [-0.15, -0.1) is 0 Å². The molecule has 0 aliphatic rings. The predicted molar refractivity (Wildman–Crippen MR) is 112 cm³/mol. The first kappa shape index (κ1) is 20.4. The van der Waals surface area contributed by atoms with Gasteiger partial charge in [0.25, 0.3) is 5.91 Å². The lowest BCUT2D eigenvalue weighted by molar-refractivity contribution is -0.123. The Balaban J connectivity index is 1.63. The van der Waals surface area contributed by atoms with Gasteiger partial charge in [0.1, 0.15) is 17.9 Å². The van der Waals surface area contributed by atoms with Crippen LogP contribution in [-0.2, 0) is 16.1 Å². The Labute approximate surface area is 174 Å². The molecule has 5 nitrogen and oxygen atoms in total. The summed E-state index contributed by atoms with van der Waals surface area (Å²) in [4.78, 5) is 24.9. The zero-order chi connectivity index (χ0) is 20.6. The van der Waals surface area contributed by atoms with Gasteiger partial charge in [-0.1, -0.05) is 60.1 Å². The van der Waals surface area contributed by atoms with Gasteiger partial charge in [0.2, 0.25) is 0 Å². The second-order valence-corrected chi connectivity index (χ2v) is 6.75. The summed E-state index contributed by atoms with van der Waals surface area (Å²) in [5.74, 6) is -0.700. The quantitative estimate of drug-likeness (QED) is 0.551. The molecule has 0 heterocycles. The van der Waals surface area contributed by atoms with Crippen LogP contribution in [0.2, 0.25) is 5.02 Å². The molecule has 0 unspecified atom stereocenters. The Morgan fingerprint density at radius 3 is 2.45 bits per heavy atom. The first-order valence-corrected chi connectivity index (χ1v) is 9.44. The topological polar surface area (TPSA) is 64.6 Å². The molecular formula is C23H20ClNO4. The molecule has 0 saturated heterocycles. The fourth-order valence-corrected chi connectivity index (χ4v) is 2.77. The van der Waals surface area contributed by atoms with Gasteiger partial charge in [-0.3, -0.25) is 4.79 Å². The number of anilines is 1. The van der Waals surface area contributed by atoms with Crippen LogP contribution >= 0.6 is 11.6 Å². The van der Waals surface area contributed by atoms with E-state index in [9.17, 15) is 9.59 Å². The maximum atomic E-state index is 12.6. The number of hydrogen-bond acceptors (Lipinski definition) is 4. The van der Waals surface area contributed by atoms with Crippen LogP contribution in [0.4, 0.5) is 5.69 Å². The highest BCUT2D eigenvalue weighted by molar-refractivity contribution is 6.30. The van der Waals surface area contributed by atoms with Gasteiger partial charge in [0, 0.05) is 10.7 Å². The molecule has 3 rings (SSSR count). The largest absolute Gasteiger partial charge is 0.488 e. The van der Waals surface area contributed by atoms with Crippen LogP contribution in [0.5, 0.6) is 5.75 Å². The molecule has 1 amide bonds. The number of rotatable bonds is 7. The molecule has 148 valence electrons. The fraction of sp³-hybridized carbons (Fsp3) is 0.130. The van der Waals surface area contributed by atoms with Gasteiger partial charge in [0.15, 0.2) is 6.10 Å². The van der Waals surface area contributed by atoms with Gasteiger partial charge >= 0.3 is 5.97 Å². The van der Waals surface area contributed by atoms with Gasteiger partial charge < -0.3 is 14.8 Å². The molecule has 1 atom stereocenters. The molecule has 0 aliphatic heterocycles. The van der Waals surface area contributed by atoms with Crippen molar-refractivity contribution in [3.05, 3.63) is 95.0 Å². The van der Waals surface area contributed by atoms with E-state index in [-0.39, 0.29) is 5.56 Å². The van der Waals surface area contributed by atoms with Crippen molar-refractivity contribution in [2.75, 3.05) is 5.32 Å². The van der Waals surface area contributed by atoms with Crippen molar-refractivity contribution >= 4 is 29.2 Å². The summed E-state index contributed by atoms with van der Waals surface area (Å²) in [5.41, 5.74) is 1.76. The first-order valence-electron chi connectivity index (χ1n) is 9.06. The van der Waals surface area contributed by atoms with E-state index in [0.717, 1.165) is 5.56 Å². The van der Waals surface area contributed by atoms with E-state index < -0.39 is 18.0 Å². The zero-order valence-corrected chi connectivity index (χ0v) is 16.6. The molecular weight excluding hydrogens is 390 g/mol. The number of benzene rings is 3. The number of para-hydroxylation sites is 1. The van der Waals surface area contributed by atoms with Crippen LogP contribution in [-0.4, -0.2) is 18.0 Å². The molecule has 0 radical (unpaired) electrons. The van der Waals surface area contributed by atoms with Gasteiger partial charge in [0.05, 0.1) is 0 Å². The van der Waals surface area contributed by atoms with Crippen LogP contribution in [0.25, 0.3) is 0 Å². The van der Waals surface area contributed by atoms with Crippen molar-refractivity contribution in [3.63, 3.8) is 0 Å². The Morgan fingerprint density at radius 1 is 0.966 bits per heavy atom. The third kappa shape index (κ3) is 5.83. The van der Waals surface area contributed by atoms with Crippen molar-refractivity contribution in [3.8, 4) is 5.75 Å². The molecule has 3 aromatic carbocycles. The lowest BCUT2D eigenvalue weighted by Crippen LogP contribution is -2.30. The minimum absolute atomic E-state index is 0.255. The second-order valence-electron chi connectivity index (χ2n) is 6.32. The lowest BCUT2D eigenvalue weighted by Gasteiger charge is -2.15. The second kappa shape index (κ2) is 9.75. The normalized spacial score (nSPS) is 11.4. The van der Waals surface area contributed by atoms with Gasteiger partial charge in [-0.2, -0.15) is 0 Å². The summed E-state index contributed by atoms with van der Waals surface area (Å²) in [6.07, 6.45) is -0.997. The molecule has 3 aromatic rings. The number of hydrogen-bond donors (Lipinski definition) is 1. The number of halogens is 1. The Morgan fingerprint density at radius 2 is 1.69 bits per heavy atom.